The van der Waals surface area contributed by atoms with Gasteiger partial charge in [0, 0.05) is 25.0 Å². The molecule has 1 aromatic carbocycles. The van der Waals surface area contributed by atoms with Crippen molar-refractivity contribution < 1.29 is 13.2 Å². The summed E-state index contributed by atoms with van der Waals surface area (Å²) in [6.45, 7) is 3.07. The SMILES string of the molecule is CC(N)C1CCCCN1S(=O)(=O)c1ccc2c(c1)CCO2.Cl. The van der Waals surface area contributed by atoms with Crippen LogP contribution >= 0.6 is 12.4 Å². The van der Waals surface area contributed by atoms with E-state index in [0.29, 0.717) is 18.0 Å². The van der Waals surface area contributed by atoms with E-state index in [2.05, 4.69) is 0 Å². The zero-order valence-corrected chi connectivity index (χ0v) is 14.3. The Morgan fingerprint density at radius 1 is 1.36 bits per heavy atom. The summed E-state index contributed by atoms with van der Waals surface area (Å²) >= 11 is 0. The number of nitrogens with two attached hydrogens (primary N) is 1. The summed E-state index contributed by atoms with van der Waals surface area (Å²) in [4.78, 5) is 0.360. The summed E-state index contributed by atoms with van der Waals surface area (Å²) in [6.07, 6.45) is 3.55. The molecule has 0 bridgehead atoms. The maximum Gasteiger partial charge on any atom is 0.243 e. The average molecular weight is 347 g/mol. The van der Waals surface area contributed by atoms with E-state index in [1.165, 1.54) is 0 Å². The number of sulfonamides is 1. The summed E-state index contributed by atoms with van der Waals surface area (Å²) in [5, 5.41) is 0. The van der Waals surface area contributed by atoms with Gasteiger partial charge in [-0.3, -0.25) is 0 Å². The molecule has 2 heterocycles. The van der Waals surface area contributed by atoms with Gasteiger partial charge in [0.1, 0.15) is 5.75 Å². The highest BCUT2D eigenvalue weighted by molar-refractivity contribution is 7.89. The number of ether oxygens (including phenoxy) is 1. The zero-order valence-electron chi connectivity index (χ0n) is 12.7. The Kier molecular flexibility index (Phi) is 5.37. The lowest BCUT2D eigenvalue weighted by Gasteiger charge is -2.36. The molecule has 22 heavy (non-hydrogen) atoms. The number of hydrogen-bond donors (Lipinski definition) is 1. The molecule has 1 fully saturated rings. The largest absolute Gasteiger partial charge is 0.493 e. The van der Waals surface area contributed by atoms with Gasteiger partial charge in [0.15, 0.2) is 0 Å². The molecule has 2 N–H and O–H groups in total. The van der Waals surface area contributed by atoms with Gasteiger partial charge in [-0.25, -0.2) is 8.42 Å². The van der Waals surface area contributed by atoms with E-state index in [4.69, 9.17) is 10.5 Å². The number of benzene rings is 1. The third-order valence-corrected chi connectivity index (χ3v) is 6.29. The summed E-state index contributed by atoms with van der Waals surface area (Å²) in [5.74, 6) is 0.802. The second kappa shape index (κ2) is 6.74. The lowest BCUT2D eigenvalue weighted by atomic mass is 10.00. The van der Waals surface area contributed by atoms with Gasteiger partial charge >= 0.3 is 0 Å². The topological polar surface area (TPSA) is 72.6 Å². The molecule has 2 atom stereocenters. The Hall–Kier alpha value is -0.820. The van der Waals surface area contributed by atoms with E-state index in [1.54, 1.807) is 22.5 Å². The predicted octanol–water partition coefficient (Wildman–Crippen LogP) is 1.93. The molecule has 0 aromatic heterocycles. The molecule has 124 valence electrons. The highest BCUT2D eigenvalue weighted by atomic mass is 35.5. The zero-order chi connectivity index (χ0) is 15.0. The van der Waals surface area contributed by atoms with Crippen molar-refractivity contribution in [3.63, 3.8) is 0 Å². The van der Waals surface area contributed by atoms with Crippen LogP contribution < -0.4 is 10.5 Å². The van der Waals surface area contributed by atoms with Crippen molar-refractivity contribution in [2.45, 2.75) is 49.6 Å². The fraction of sp³-hybridized carbons (Fsp3) is 0.600. The summed E-state index contributed by atoms with van der Waals surface area (Å²) in [6, 6.07) is 4.91. The summed E-state index contributed by atoms with van der Waals surface area (Å²) in [7, 11) is -3.48. The van der Waals surface area contributed by atoms with E-state index in [1.807, 2.05) is 6.92 Å². The number of nitrogens with zero attached hydrogens (tertiary/aromatic N) is 1. The van der Waals surface area contributed by atoms with Crippen LogP contribution in [-0.2, 0) is 16.4 Å². The lowest BCUT2D eigenvalue weighted by Crippen LogP contribution is -2.51. The van der Waals surface area contributed by atoms with Crippen molar-refractivity contribution in [3.05, 3.63) is 23.8 Å². The molecule has 2 aliphatic heterocycles. The van der Waals surface area contributed by atoms with Crippen LogP contribution in [0.4, 0.5) is 0 Å². The molecule has 2 unspecified atom stereocenters. The molecule has 1 saturated heterocycles. The predicted molar refractivity (Wildman–Crippen MR) is 88.1 cm³/mol. The number of rotatable bonds is 3. The minimum absolute atomic E-state index is 0. The molecular formula is C15H23ClN2O3S. The van der Waals surface area contributed by atoms with E-state index in [9.17, 15) is 8.42 Å². The van der Waals surface area contributed by atoms with Crippen molar-refractivity contribution >= 4 is 22.4 Å². The van der Waals surface area contributed by atoms with E-state index < -0.39 is 10.0 Å². The first-order chi connectivity index (χ1) is 10.00. The second-order valence-corrected chi connectivity index (χ2v) is 7.80. The average Bonchev–Trinajstić information content (AvgIpc) is 2.94. The van der Waals surface area contributed by atoms with Gasteiger partial charge in [-0.05, 0) is 43.5 Å². The monoisotopic (exact) mass is 346 g/mol. The minimum atomic E-state index is -3.48. The fourth-order valence-corrected chi connectivity index (χ4v) is 5.04. The van der Waals surface area contributed by atoms with Crippen LogP contribution in [0.1, 0.15) is 31.7 Å². The van der Waals surface area contributed by atoms with Crippen molar-refractivity contribution in [1.82, 2.24) is 4.31 Å². The summed E-state index contributed by atoms with van der Waals surface area (Å²) in [5.41, 5.74) is 6.97. The standard InChI is InChI=1S/C15H22N2O3S.ClH/c1-11(16)14-4-2-3-8-17(14)21(18,19)13-5-6-15-12(10-13)7-9-20-15;/h5-6,10-11,14H,2-4,7-9,16H2,1H3;1H. The molecule has 0 spiro atoms. The Morgan fingerprint density at radius 3 is 2.86 bits per heavy atom. The Balaban J connectivity index is 0.00000176. The second-order valence-electron chi connectivity index (χ2n) is 5.91. The molecule has 7 heteroatoms. The number of piperidine rings is 1. The van der Waals surface area contributed by atoms with Crippen LogP contribution in [0, 0.1) is 0 Å². The van der Waals surface area contributed by atoms with Crippen molar-refractivity contribution in [1.29, 1.82) is 0 Å². The van der Waals surface area contributed by atoms with E-state index >= 15 is 0 Å². The van der Waals surface area contributed by atoms with Gasteiger partial charge in [-0.15, -0.1) is 12.4 Å². The first-order valence-corrected chi connectivity index (χ1v) is 8.97. The van der Waals surface area contributed by atoms with E-state index in [0.717, 1.165) is 37.0 Å². The quantitative estimate of drug-likeness (QED) is 0.907. The Labute approximate surface area is 138 Å². The Bertz CT molecular complexity index is 634. The van der Waals surface area contributed by atoms with Gasteiger partial charge in [0.05, 0.1) is 11.5 Å². The van der Waals surface area contributed by atoms with Crippen LogP contribution in [0.25, 0.3) is 0 Å². The van der Waals surface area contributed by atoms with Gasteiger partial charge in [0.2, 0.25) is 10.0 Å². The van der Waals surface area contributed by atoms with Gasteiger partial charge < -0.3 is 10.5 Å². The number of fused-ring (bicyclic) bond motifs is 1. The maximum absolute atomic E-state index is 12.9. The first-order valence-electron chi connectivity index (χ1n) is 7.53. The Morgan fingerprint density at radius 2 is 2.14 bits per heavy atom. The lowest BCUT2D eigenvalue weighted by molar-refractivity contribution is 0.227. The van der Waals surface area contributed by atoms with Crippen molar-refractivity contribution in [2.75, 3.05) is 13.2 Å². The first kappa shape index (κ1) is 17.5. The molecule has 2 aliphatic rings. The molecule has 3 rings (SSSR count). The normalized spacial score (nSPS) is 23.3. The molecule has 0 amide bonds. The molecule has 1 aromatic rings. The molecule has 0 saturated carbocycles. The van der Waals surface area contributed by atoms with Crippen LogP contribution in [0.5, 0.6) is 5.75 Å². The van der Waals surface area contributed by atoms with Gasteiger partial charge in [-0.2, -0.15) is 4.31 Å². The molecule has 0 aliphatic carbocycles. The minimum Gasteiger partial charge on any atom is -0.493 e. The number of hydrogen-bond acceptors (Lipinski definition) is 4. The smallest absolute Gasteiger partial charge is 0.243 e. The molecule has 0 radical (unpaired) electrons. The third-order valence-electron chi connectivity index (χ3n) is 4.37. The van der Waals surface area contributed by atoms with Gasteiger partial charge in [0.25, 0.3) is 0 Å². The van der Waals surface area contributed by atoms with Crippen LogP contribution in [0.15, 0.2) is 23.1 Å². The maximum atomic E-state index is 12.9. The van der Waals surface area contributed by atoms with Crippen LogP contribution in [0.2, 0.25) is 0 Å². The highest BCUT2D eigenvalue weighted by Crippen LogP contribution is 2.31. The molecular weight excluding hydrogens is 324 g/mol. The van der Waals surface area contributed by atoms with Crippen molar-refractivity contribution in [2.24, 2.45) is 5.73 Å². The highest BCUT2D eigenvalue weighted by Gasteiger charge is 2.35. The number of halogens is 1. The molecule has 5 nitrogen and oxygen atoms in total. The fourth-order valence-electron chi connectivity index (χ4n) is 3.21. The van der Waals surface area contributed by atoms with Crippen LogP contribution in [0.3, 0.4) is 0 Å². The third kappa shape index (κ3) is 3.11. The van der Waals surface area contributed by atoms with Gasteiger partial charge in [-0.1, -0.05) is 6.42 Å². The van der Waals surface area contributed by atoms with Crippen molar-refractivity contribution in [3.8, 4) is 5.75 Å². The van der Waals surface area contributed by atoms with E-state index in [-0.39, 0.29) is 24.5 Å². The van der Waals surface area contributed by atoms with Crippen LogP contribution in [-0.4, -0.2) is 38.0 Å². The summed E-state index contributed by atoms with van der Waals surface area (Å²) < 4.78 is 32.9.